The Bertz CT molecular complexity index is 1190. The fraction of sp³-hybridized carbons (Fsp3) is 0.429. The van der Waals surface area contributed by atoms with E-state index in [0.717, 1.165) is 62.9 Å². The Morgan fingerprint density at radius 1 is 1.08 bits per heavy atom. The first-order valence-corrected chi connectivity index (χ1v) is 13.1. The molecule has 1 N–H and O–H groups in total. The molecule has 2 atom stereocenters. The summed E-state index contributed by atoms with van der Waals surface area (Å²) in [5.41, 5.74) is 5.80. The number of nitrogens with zero attached hydrogens (tertiary/aromatic N) is 4. The number of nitrogens with one attached hydrogen (secondary N) is 1. The molecule has 4 heterocycles. The predicted molar refractivity (Wildman–Crippen MR) is 147 cm³/mol. The summed E-state index contributed by atoms with van der Waals surface area (Å²) in [5, 5.41) is 4.27. The Morgan fingerprint density at radius 2 is 1.92 bits per heavy atom. The zero-order valence-electron chi connectivity index (χ0n) is 21.3. The third-order valence-corrected chi connectivity index (χ3v) is 7.64. The molecule has 36 heavy (non-hydrogen) atoms. The first kappa shape index (κ1) is 24.7. The molecule has 5 rings (SSSR count). The van der Waals surface area contributed by atoms with Crippen LogP contribution in [0, 0.1) is 13.8 Å². The van der Waals surface area contributed by atoms with Crippen molar-refractivity contribution in [2.75, 3.05) is 44.9 Å². The Kier molecular flexibility index (Phi) is 7.55. The van der Waals surface area contributed by atoms with Gasteiger partial charge in [-0.25, -0.2) is 0 Å². The smallest absolute Gasteiger partial charge is 0.174 e. The van der Waals surface area contributed by atoms with Gasteiger partial charge in [0, 0.05) is 55.5 Å². The lowest BCUT2D eigenvalue weighted by molar-refractivity contribution is 0.0369. The van der Waals surface area contributed by atoms with Crippen LogP contribution < -0.4 is 15.0 Å². The van der Waals surface area contributed by atoms with Crippen molar-refractivity contribution < 1.29 is 9.47 Å². The minimum absolute atomic E-state index is 0.0290. The monoisotopic (exact) mass is 505 g/mol. The second kappa shape index (κ2) is 11.0. The molecule has 0 radical (unpaired) electrons. The van der Waals surface area contributed by atoms with Crippen molar-refractivity contribution in [3.63, 3.8) is 0 Å². The van der Waals surface area contributed by atoms with Gasteiger partial charge in [0.25, 0.3) is 0 Å². The Labute approximate surface area is 219 Å². The maximum absolute atomic E-state index is 5.91. The van der Waals surface area contributed by atoms with Gasteiger partial charge in [-0.05, 0) is 68.4 Å². The van der Waals surface area contributed by atoms with Gasteiger partial charge in [0.15, 0.2) is 5.11 Å². The molecule has 2 aliphatic heterocycles. The highest BCUT2D eigenvalue weighted by atomic mass is 32.1. The summed E-state index contributed by atoms with van der Waals surface area (Å²) in [6.45, 7) is 10.3. The third kappa shape index (κ3) is 4.98. The first-order valence-electron chi connectivity index (χ1n) is 12.7. The predicted octanol–water partition coefficient (Wildman–Crippen LogP) is 4.41. The lowest BCUT2D eigenvalue weighted by Crippen LogP contribution is -2.37. The van der Waals surface area contributed by atoms with E-state index in [4.69, 9.17) is 26.7 Å². The van der Waals surface area contributed by atoms with Crippen LogP contribution in [0.3, 0.4) is 0 Å². The van der Waals surface area contributed by atoms with Gasteiger partial charge in [-0.15, -0.1) is 0 Å². The Balaban J connectivity index is 1.48. The summed E-state index contributed by atoms with van der Waals surface area (Å²) in [6, 6.07) is 16.4. The number of hydrogen-bond donors (Lipinski definition) is 1. The van der Waals surface area contributed by atoms with Gasteiger partial charge in [0.05, 0.1) is 38.1 Å². The van der Waals surface area contributed by atoms with Crippen LogP contribution in [0.25, 0.3) is 0 Å². The summed E-state index contributed by atoms with van der Waals surface area (Å²) in [4.78, 5) is 9.42. The molecule has 2 aliphatic rings. The van der Waals surface area contributed by atoms with E-state index in [1.54, 1.807) is 7.11 Å². The van der Waals surface area contributed by atoms with E-state index >= 15 is 0 Å². The normalized spacial score (nSPS) is 20.5. The first-order chi connectivity index (χ1) is 17.6. The molecule has 0 spiro atoms. The number of pyridine rings is 1. The maximum atomic E-state index is 5.91. The molecule has 0 saturated carbocycles. The van der Waals surface area contributed by atoms with Crippen LogP contribution in [-0.4, -0.2) is 59.5 Å². The molecule has 0 aliphatic carbocycles. The topological polar surface area (TPSA) is 54.8 Å². The van der Waals surface area contributed by atoms with E-state index in [1.807, 2.05) is 36.5 Å². The van der Waals surface area contributed by atoms with Crippen molar-refractivity contribution in [2.24, 2.45) is 0 Å². The molecule has 190 valence electrons. The number of hydrogen-bond acceptors (Lipinski definition) is 5. The van der Waals surface area contributed by atoms with Gasteiger partial charge in [-0.1, -0.05) is 12.1 Å². The number of morpholine rings is 1. The lowest BCUT2D eigenvalue weighted by atomic mass is 9.96. The second-order valence-corrected chi connectivity index (χ2v) is 9.87. The fourth-order valence-corrected chi connectivity index (χ4v) is 5.80. The minimum Gasteiger partial charge on any atom is -0.497 e. The van der Waals surface area contributed by atoms with Crippen molar-refractivity contribution in [3.05, 3.63) is 77.4 Å². The highest BCUT2D eigenvalue weighted by molar-refractivity contribution is 7.80. The molecule has 0 unspecified atom stereocenters. The van der Waals surface area contributed by atoms with Crippen LogP contribution >= 0.6 is 12.2 Å². The van der Waals surface area contributed by atoms with Gasteiger partial charge in [-0.3, -0.25) is 9.88 Å². The fourth-order valence-electron chi connectivity index (χ4n) is 5.46. The number of methoxy groups -OCH3 is 1. The largest absolute Gasteiger partial charge is 0.497 e. The van der Waals surface area contributed by atoms with Crippen molar-refractivity contribution in [1.82, 2.24) is 19.8 Å². The quantitative estimate of drug-likeness (QED) is 0.455. The van der Waals surface area contributed by atoms with Crippen LogP contribution in [0.15, 0.2) is 54.7 Å². The average Bonchev–Trinajstić information content (AvgIpc) is 3.40. The molecule has 3 aromatic rings. The van der Waals surface area contributed by atoms with E-state index in [1.165, 1.54) is 17.0 Å². The van der Waals surface area contributed by atoms with Gasteiger partial charge in [-0.2, -0.15) is 0 Å². The van der Waals surface area contributed by atoms with Gasteiger partial charge in [0.2, 0.25) is 0 Å². The van der Waals surface area contributed by atoms with Gasteiger partial charge >= 0.3 is 0 Å². The molecule has 1 aromatic carbocycles. The van der Waals surface area contributed by atoms with Gasteiger partial charge in [0.1, 0.15) is 5.75 Å². The van der Waals surface area contributed by atoms with Crippen molar-refractivity contribution in [1.29, 1.82) is 0 Å². The number of ether oxygens (including phenoxy) is 2. The van der Waals surface area contributed by atoms with E-state index in [0.29, 0.717) is 5.11 Å². The van der Waals surface area contributed by atoms with Crippen molar-refractivity contribution in [3.8, 4) is 5.75 Å². The van der Waals surface area contributed by atoms with E-state index in [2.05, 4.69) is 51.7 Å². The number of thiocarbonyl (C=S) groups is 1. The number of aromatic nitrogens is 2. The summed E-state index contributed by atoms with van der Waals surface area (Å²) in [7, 11) is 1.69. The summed E-state index contributed by atoms with van der Waals surface area (Å²) in [5.74, 6) is 0.809. The number of benzene rings is 1. The highest BCUT2D eigenvalue weighted by Gasteiger charge is 2.42. The molecular formula is C28H35N5O2S. The Morgan fingerprint density at radius 3 is 2.67 bits per heavy atom. The van der Waals surface area contributed by atoms with Crippen LogP contribution in [-0.2, 0) is 11.3 Å². The minimum atomic E-state index is -0.0628. The van der Waals surface area contributed by atoms with Crippen molar-refractivity contribution in [2.45, 2.75) is 38.9 Å². The lowest BCUT2D eigenvalue weighted by Gasteiger charge is -2.28. The zero-order chi connectivity index (χ0) is 25.1. The SMILES string of the molecule is COc1cccc(N2C(=S)N[C@@H](c3ccccn3)[C@@H]2c2cc(C)n(CCCN3CCOCC3)c2C)c1. The van der Waals surface area contributed by atoms with Crippen molar-refractivity contribution >= 4 is 23.0 Å². The second-order valence-electron chi connectivity index (χ2n) is 9.48. The summed E-state index contributed by atoms with van der Waals surface area (Å²) < 4.78 is 13.5. The van der Waals surface area contributed by atoms with Crippen LogP contribution in [0.4, 0.5) is 5.69 Å². The molecule has 0 amide bonds. The molecule has 2 fully saturated rings. The number of aryl methyl sites for hydroxylation is 1. The standard InChI is InChI=1S/C28H35N5O2S/c1-20-18-24(21(2)32(20)13-7-12-31-14-16-35-17-15-31)27-26(25-10-4-5-11-29-25)30-28(36)33(27)22-8-6-9-23(19-22)34-3/h4-6,8-11,18-19,26-27H,7,12-17H2,1-3H3,(H,30,36)/t26-,27-/m0/s1. The highest BCUT2D eigenvalue weighted by Crippen LogP contribution is 2.43. The Hall–Kier alpha value is -2.94. The van der Waals surface area contributed by atoms with E-state index in [-0.39, 0.29) is 12.1 Å². The molecule has 2 saturated heterocycles. The van der Waals surface area contributed by atoms with E-state index in [9.17, 15) is 0 Å². The van der Waals surface area contributed by atoms with E-state index < -0.39 is 0 Å². The number of anilines is 1. The molecule has 8 heteroatoms. The zero-order valence-corrected chi connectivity index (χ0v) is 22.1. The van der Waals surface area contributed by atoms with Gasteiger partial charge < -0.3 is 24.3 Å². The maximum Gasteiger partial charge on any atom is 0.174 e. The molecule has 0 bridgehead atoms. The van der Waals surface area contributed by atoms with Crippen LogP contribution in [0.2, 0.25) is 0 Å². The average molecular weight is 506 g/mol. The summed E-state index contributed by atoms with van der Waals surface area (Å²) >= 11 is 5.91. The third-order valence-electron chi connectivity index (χ3n) is 7.32. The molecule has 2 aromatic heterocycles. The van der Waals surface area contributed by atoms with Crippen LogP contribution in [0.5, 0.6) is 5.75 Å². The number of rotatable bonds is 8. The molecule has 7 nitrogen and oxygen atoms in total. The van der Waals surface area contributed by atoms with Crippen LogP contribution in [0.1, 0.15) is 41.1 Å². The summed E-state index contributed by atoms with van der Waals surface area (Å²) in [6.07, 6.45) is 2.96. The molecular weight excluding hydrogens is 470 g/mol.